The maximum Gasteiger partial charge on any atom is 0.213 e. The summed E-state index contributed by atoms with van der Waals surface area (Å²) >= 11 is 0. The Kier molecular flexibility index (Phi) is 4.06. The molecule has 0 saturated carbocycles. The summed E-state index contributed by atoms with van der Waals surface area (Å²) in [5.41, 5.74) is 1.74. The molecule has 0 aliphatic carbocycles. The normalized spacial score (nSPS) is 10.1. The van der Waals surface area contributed by atoms with Crippen molar-refractivity contribution in [3.8, 4) is 17.1 Å². The fourth-order valence-corrected chi connectivity index (χ4v) is 1.51. The van der Waals surface area contributed by atoms with E-state index in [-0.39, 0.29) is 0 Å². The average Bonchev–Trinajstić information content (AvgIpc) is 2.46. The van der Waals surface area contributed by atoms with E-state index >= 15 is 0 Å². The van der Waals surface area contributed by atoms with E-state index in [0.717, 1.165) is 30.0 Å². The molecule has 0 radical (unpaired) electrons. The molecule has 0 spiro atoms. The number of methoxy groups -OCH3 is 1. The smallest absolute Gasteiger partial charge is 0.213 e. The summed E-state index contributed by atoms with van der Waals surface area (Å²) in [6.07, 6.45) is 2.75. The van der Waals surface area contributed by atoms with Crippen molar-refractivity contribution in [2.24, 2.45) is 0 Å². The molecule has 94 valence electrons. The number of nitrogens with zero attached hydrogens (tertiary/aromatic N) is 3. The number of hydrogen-bond donors (Lipinski definition) is 1. The van der Waals surface area contributed by atoms with Gasteiger partial charge in [0.2, 0.25) is 5.88 Å². The third-order valence-electron chi connectivity index (χ3n) is 2.46. The molecular formula is C13H16N4O. The number of nitrogens with one attached hydrogen (secondary N) is 1. The molecule has 2 rings (SSSR count). The summed E-state index contributed by atoms with van der Waals surface area (Å²) in [6, 6.07) is 7.57. The van der Waals surface area contributed by atoms with Crippen molar-refractivity contribution in [2.75, 3.05) is 19.0 Å². The van der Waals surface area contributed by atoms with E-state index in [2.05, 4.69) is 27.4 Å². The molecule has 0 bridgehead atoms. The standard InChI is InChI=1S/C13H16N4O/c1-3-7-14-12-5-4-11(16-17-12)10-6-8-15-13(9-10)18-2/h4-6,8-9H,3,7H2,1-2H3,(H,14,17). The van der Waals surface area contributed by atoms with Gasteiger partial charge in [-0.1, -0.05) is 6.92 Å². The van der Waals surface area contributed by atoms with Crippen LogP contribution in [0.5, 0.6) is 5.88 Å². The SMILES string of the molecule is CCCNc1ccc(-c2ccnc(OC)c2)nn1. The zero-order valence-corrected chi connectivity index (χ0v) is 10.6. The number of pyridine rings is 1. The monoisotopic (exact) mass is 244 g/mol. The van der Waals surface area contributed by atoms with E-state index in [9.17, 15) is 0 Å². The maximum absolute atomic E-state index is 5.08. The number of rotatable bonds is 5. The van der Waals surface area contributed by atoms with Gasteiger partial charge in [0.25, 0.3) is 0 Å². The van der Waals surface area contributed by atoms with E-state index < -0.39 is 0 Å². The fraction of sp³-hybridized carbons (Fsp3) is 0.308. The highest BCUT2D eigenvalue weighted by molar-refractivity contribution is 5.60. The van der Waals surface area contributed by atoms with E-state index in [1.54, 1.807) is 13.3 Å². The molecule has 0 amide bonds. The van der Waals surface area contributed by atoms with E-state index in [1.807, 2.05) is 24.3 Å². The molecule has 1 N–H and O–H groups in total. The van der Waals surface area contributed by atoms with Gasteiger partial charge in [0, 0.05) is 24.4 Å². The zero-order chi connectivity index (χ0) is 12.8. The van der Waals surface area contributed by atoms with Gasteiger partial charge in [-0.15, -0.1) is 10.2 Å². The minimum absolute atomic E-state index is 0.572. The molecule has 0 saturated heterocycles. The van der Waals surface area contributed by atoms with Crippen LogP contribution in [-0.2, 0) is 0 Å². The van der Waals surface area contributed by atoms with E-state index in [4.69, 9.17) is 4.74 Å². The second-order valence-electron chi connectivity index (χ2n) is 3.82. The van der Waals surface area contributed by atoms with Crippen LogP contribution in [0.3, 0.4) is 0 Å². The Balaban J connectivity index is 2.17. The summed E-state index contributed by atoms with van der Waals surface area (Å²) in [6.45, 7) is 3.01. The van der Waals surface area contributed by atoms with Crippen LogP contribution in [0.15, 0.2) is 30.5 Å². The van der Waals surface area contributed by atoms with Crippen LogP contribution in [0.25, 0.3) is 11.3 Å². The van der Waals surface area contributed by atoms with Gasteiger partial charge in [-0.05, 0) is 24.6 Å². The number of ether oxygens (including phenoxy) is 1. The van der Waals surface area contributed by atoms with Crippen molar-refractivity contribution in [3.63, 3.8) is 0 Å². The minimum Gasteiger partial charge on any atom is -0.481 e. The number of aromatic nitrogens is 3. The van der Waals surface area contributed by atoms with Crippen LogP contribution >= 0.6 is 0 Å². The summed E-state index contributed by atoms with van der Waals surface area (Å²) in [5, 5.41) is 11.5. The Hall–Kier alpha value is -2.17. The van der Waals surface area contributed by atoms with Gasteiger partial charge in [-0.3, -0.25) is 0 Å². The molecule has 0 atom stereocenters. The highest BCUT2D eigenvalue weighted by atomic mass is 16.5. The first kappa shape index (κ1) is 12.3. The van der Waals surface area contributed by atoms with E-state index in [1.165, 1.54) is 0 Å². The maximum atomic E-state index is 5.08. The molecule has 0 fully saturated rings. The second kappa shape index (κ2) is 5.95. The van der Waals surface area contributed by atoms with Crippen molar-refractivity contribution < 1.29 is 4.74 Å². The topological polar surface area (TPSA) is 59.9 Å². The Morgan fingerprint density at radius 3 is 2.78 bits per heavy atom. The molecule has 0 aromatic carbocycles. The highest BCUT2D eigenvalue weighted by Crippen LogP contribution is 2.20. The third-order valence-corrected chi connectivity index (χ3v) is 2.46. The van der Waals surface area contributed by atoms with Gasteiger partial charge in [0.1, 0.15) is 5.82 Å². The quantitative estimate of drug-likeness (QED) is 0.875. The summed E-state index contributed by atoms with van der Waals surface area (Å²) in [5.74, 6) is 1.36. The second-order valence-corrected chi connectivity index (χ2v) is 3.82. The van der Waals surface area contributed by atoms with Gasteiger partial charge in [-0.2, -0.15) is 0 Å². The van der Waals surface area contributed by atoms with Crippen molar-refractivity contribution in [2.45, 2.75) is 13.3 Å². The van der Waals surface area contributed by atoms with Crippen LogP contribution in [0.1, 0.15) is 13.3 Å². The van der Waals surface area contributed by atoms with Crippen molar-refractivity contribution in [3.05, 3.63) is 30.5 Å². The Bertz CT molecular complexity index is 499. The zero-order valence-electron chi connectivity index (χ0n) is 10.6. The van der Waals surface area contributed by atoms with Gasteiger partial charge in [0.15, 0.2) is 0 Å². The lowest BCUT2D eigenvalue weighted by atomic mass is 10.2. The van der Waals surface area contributed by atoms with Crippen LogP contribution in [0.2, 0.25) is 0 Å². The van der Waals surface area contributed by atoms with Gasteiger partial charge < -0.3 is 10.1 Å². The largest absolute Gasteiger partial charge is 0.481 e. The molecule has 2 aromatic rings. The molecular weight excluding hydrogens is 228 g/mol. The minimum atomic E-state index is 0.572. The lowest BCUT2D eigenvalue weighted by molar-refractivity contribution is 0.398. The molecule has 2 aromatic heterocycles. The predicted octanol–water partition coefficient (Wildman–Crippen LogP) is 2.37. The Labute approximate surface area is 106 Å². The van der Waals surface area contributed by atoms with Crippen LogP contribution in [0.4, 0.5) is 5.82 Å². The summed E-state index contributed by atoms with van der Waals surface area (Å²) in [4.78, 5) is 4.06. The molecule has 18 heavy (non-hydrogen) atoms. The predicted molar refractivity (Wildman–Crippen MR) is 70.6 cm³/mol. The fourth-order valence-electron chi connectivity index (χ4n) is 1.51. The molecule has 5 heteroatoms. The van der Waals surface area contributed by atoms with Gasteiger partial charge in [-0.25, -0.2) is 4.98 Å². The summed E-state index contributed by atoms with van der Waals surface area (Å²) < 4.78 is 5.08. The summed E-state index contributed by atoms with van der Waals surface area (Å²) in [7, 11) is 1.59. The lowest BCUT2D eigenvalue weighted by Gasteiger charge is -2.05. The molecule has 0 aliphatic heterocycles. The molecule has 2 heterocycles. The lowest BCUT2D eigenvalue weighted by Crippen LogP contribution is -2.02. The average molecular weight is 244 g/mol. The van der Waals surface area contributed by atoms with Crippen LogP contribution < -0.4 is 10.1 Å². The van der Waals surface area contributed by atoms with Crippen molar-refractivity contribution >= 4 is 5.82 Å². The molecule has 5 nitrogen and oxygen atoms in total. The van der Waals surface area contributed by atoms with Crippen LogP contribution in [-0.4, -0.2) is 28.8 Å². The van der Waals surface area contributed by atoms with E-state index in [0.29, 0.717) is 5.88 Å². The van der Waals surface area contributed by atoms with Gasteiger partial charge in [0.05, 0.1) is 12.8 Å². The van der Waals surface area contributed by atoms with Crippen molar-refractivity contribution in [1.82, 2.24) is 15.2 Å². The Morgan fingerprint density at radius 1 is 1.22 bits per heavy atom. The first-order chi connectivity index (χ1) is 8.83. The molecule has 0 unspecified atom stereocenters. The van der Waals surface area contributed by atoms with Crippen molar-refractivity contribution in [1.29, 1.82) is 0 Å². The Morgan fingerprint density at radius 2 is 2.11 bits per heavy atom. The molecule has 0 aliphatic rings. The van der Waals surface area contributed by atoms with Crippen LogP contribution in [0, 0.1) is 0 Å². The first-order valence-electron chi connectivity index (χ1n) is 5.91. The first-order valence-corrected chi connectivity index (χ1v) is 5.91. The highest BCUT2D eigenvalue weighted by Gasteiger charge is 2.03. The number of anilines is 1. The third kappa shape index (κ3) is 2.94. The number of hydrogen-bond acceptors (Lipinski definition) is 5. The van der Waals surface area contributed by atoms with Gasteiger partial charge >= 0.3 is 0 Å².